The van der Waals surface area contributed by atoms with E-state index >= 15 is 0 Å². The molecule has 25 heavy (non-hydrogen) atoms. The molecule has 2 N–H and O–H groups in total. The van der Waals surface area contributed by atoms with E-state index in [1.807, 2.05) is 22.8 Å². The molecule has 3 aromatic rings. The van der Waals surface area contributed by atoms with Crippen molar-refractivity contribution in [3.63, 3.8) is 0 Å². The van der Waals surface area contributed by atoms with E-state index in [2.05, 4.69) is 4.36 Å². The summed E-state index contributed by atoms with van der Waals surface area (Å²) in [7, 11) is -3.35. The highest BCUT2D eigenvalue weighted by molar-refractivity contribution is 7.91. The highest BCUT2D eigenvalue weighted by Crippen LogP contribution is 2.36. The summed E-state index contributed by atoms with van der Waals surface area (Å²) in [6.45, 7) is 0.817. The number of alkyl halides is 3. The third-order valence-corrected chi connectivity index (χ3v) is 5.75. The molecule has 1 unspecified atom stereocenters. The Hall–Kier alpha value is -2.32. The molecule has 0 spiro atoms. The summed E-state index contributed by atoms with van der Waals surface area (Å²) in [5, 5.41) is 6.70. The lowest BCUT2D eigenvalue weighted by Gasteiger charge is -2.08. The molecule has 1 aliphatic rings. The van der Waals surface area contributed by atoms with Gasteiger partial charge in [0.15, 0.2) is 0 Å². The molecule has 0 bridgehead atoms. The van der Waals surface area contributed by atoms with Gasteiger partial charge in [-0.05, 0) is 36.2 Å². The van der Waals surface area contributed by atoms with Crippen LogP contribution in [0.3, 0.4) is 0 Å². The molecule has 1 atom stereocenters. The third kappa shape index (κ3) is 2.71. The minimum atomic E-state index is -4.45. The summed E-state index contributed by atoms with van der Waals surface area (Å²) < 4.78 is 57.0. The molecule has 0 saturated heterocycles. The lowest BCUT2D eigenvalue weighted by atomic mass is 10.1. The van der Waals surface area contributed by atoms with Gasteiger partial charge in [-0.2, -0.15) is 17.5 Å². The van der Waals surface area contributed by atoms with Crippen LogP contribution >= 0.6 is 0 Å². The molecule has 8 heteroatoms. The van der Waals surface area contributed by atoms with Gasteiger partial charge in [-0.3, -0.25) is 0 Å². The van der Waals surface area contributed by atoms with Gasteiger partial charge >= 0.3 is 6.18 Å². The minimum Gasteiger partial charge on any atom is -0.345 e. The van der Waals surface area contributed by atoms with Crippen molar-refractivity contribution in [3.05, 3.63) is 59.8 Å². The molecule has 0 radical (unpaired) electrons. The standard InChI is InChI=1S/C17H14F3N3OS/c18-17(19,20)12-4-6-13(7-5-12)25(21,24)22-15-10-23-9-8-11-2-1-3-14(15)16(11)23/h1-7,10H,8-9H2,(H2,21,22,24). The topological polar surface area (TPSA) is 60.4 Å². The van der Waals surface area contributed by atoms with Crippen molar-refractivity contribution in [2.45, 2.75) is 24.0 Å². The van der Waals surface area contributed by atoms with E-state index in [-0.39, 0.29) is 4.90 Å². The molecule has 0 saturated carbocycles. The van der Waals surface area contributed by atoms with Gasteiger partial charge in [0.05, 0.1) is 16.0 Å². The van der Waals surface area contributed by atoms with Gasteiger partial charge in [0.1, 0.15) is 15.6 Å². The first-order valence-electron chi connectivity index (χ1n) is 7.59. The number of aryl methyl sites for hydroxylation is 2. The van der Waals surface area contributed by atoms with E-state index in [0.717, 1.165) is 48.1 Å². The molecule has 1 aromatic heterocycles. The van der Waals surface area contributed by atoms with Gasteiger partial charge in [0.2, 0.25) is 0 Å². The number of benzene rings is 2. The zero-order valence-corrected chi connectivity index (χ0v) is 13.8. The first-order valence-corrected chi connectivity index (χ1v) is 9.16. The normalized spacial score (nSPS) is 16.2. The summed E-state index contributed by atoms with van der Waals surface area (Å²) in [6.07, 6.45) is -1.73. The fraction of sp³-hybridized carbons (Fsp3) is 0.176. The number of para-hydroxylation sites is 1. The summed E-state index contributed by atoms with van der Waals surface area (Å²) in [4.78, 5) is 0.0645. The van der Waals surface area contributed by atoms with Gasteiger partial charge in [-0.1, -0.05) is 18.2 Å². The molecule has 130 valence electrons. The molecule has 4 nitrogen and oxygen atoms in total. The molecule has 4 rings (SSSR count). The second kappa shape index (κ2) is 5.34. The summed E-state index contributed by atoms with van der Waals surface area (Å²) >= 11 is 0. The van der Waals surface area contributed by atoms with Crippen molar-refractivity contribution >= 4 is 26.5 Å². The number of hydrogen-bond donors (Lipinski definition) is 1. The zero-order valence-electron chi connectivity index (χ0n) is 13.0. The van der Waals surface area contributed by atoms with Crippen molar-refractivity contribution in [2.24, 2.45) is 9.50 Å². The zero-order chi connectivity index (χ0) is 17.8. The van der Waals surface area contributed by atoms with Gasteiger partial charge < -0.3 is 4.57 Å². The fourth-order valence-corrected chi connectivity index (χ4v) is 4.22. The predicted octanol–water partition coefficient (Wildman–Crippen LogP) is 4.25. The van der Waals surface area contributed by atoms with Crippen LogP contribution in [0.1, 0.15) is 11.1 Å². The molecule has 0 fully saturated rings. The van der Waals surface area contributed by atoms with Crippen LogP contribution in [-0.4, -0.2) is 8.78 Å². The van der Waals surface area contributed by atoms with Gasteiger partial charge in [-0.25, -0.2) is 9.35 Å². The fourth-order valence-electron chi connectivity index (χ4n) is 3.15. The largest absolute Gasteiger partial charge is 0.416 e. The van der Waals surface area contributed by atoms with Crippen LogP contribution in [0.2, 0.25) is 0 Å². The van der Waals surface area contributed by atoms with Crippen LogP contribution in [0.5, 0.6) is 0 Å². The number of halogens is 3. The molecule has 0 amide bonds. The summed E-state index contributed by atoms with van der Waals surface area (Å²) in [6, 6.07) is 9.77. The Bertz CT molecular complexity index is 1090. The lowest BCUT2D eigenvalue weighted by Crippen LogP contribution is -2.13. The van der Waals surface area contributed by atoms with Gasteiger partial charge in [0, 0.05) is 18.1 Å². The van der Waals surface area contributed by atoms with Crippen LogP contribution in [0, 0.1) is 0 Å². The average Bonchev–Trinajstić information content (AvgIpc) is 3.12. The second-order valence-corrected chi connectivity index (χ2v) is 7.74. The van der Waals surface area contributed by atoms with E-state index in [1.165, 1.54) is 5.56 Å². The molecular formula is C17H14F3N3OS. The van der Waals surface area contributed by atoms with Crippen molar-refractivity contribution in [1.82, 2.24) is 4.57 Å². The minimum absolute atomic E-state index is 0.0645. The Labute approximate surface area is 142 Å². The van der Waals surface area contributed by atoms with Gasteiger partial charge in [-0.15, -0.1) is 0 Å². The number of nitrogens with zero attached hydrogens (tertiary/aromatic N) is 2. The molecular weight excluding hydrogens is 351 g/mol. The van der Waals surface area contributed by atoms with E-state index in [0.29, 0.717) is 5.69 Å². The number of hydrogen-bond acceptors (Lipinski definition) is 2. The maximum absolute atomic E-state index is 12.8. The maximum Gasteiger partial charge on any atom is 0.416 e. The smallest absolute Gasteiger partial charge is 0.345 e. The van der Waals surface area contributed by atoms with Crippen molar-refractivity contribution in [3.8, 4) is 0 Å². The molecule has 2 aromatic carbocycles. The third-order valence-electron chi connectivity index (χ3n) is 4.34. The first kappa shape index (κ1) is 16.2. The Morgan fingerprint density at radius 1 is 1.12 bits per heavy atom. The van der Waals surface area contributed by atoms with Crippen LogP contribution in [-0.2, 0) is 29.1 Å². The van der Waals surface area contributed by atoms with Crippen LogP contribution in [0.15, 0.2) is 57.9 Å². The van der Waals surface area contributed by atoms with E-state index in [9.17, 15) is 17.4 Å². The highest BCUT2D eigenvalue weighted by Gasteiger charge is 2.30. The molecule has 2 heterocycles. The summed E-state index contributed by atoms with van der Waals surface area (Å²) in [5.74, 6) is 0. The number of rotatable bonds is 2. The van der Waals surface area contributed by atoms with Crippen LogP contribution in [0.4, 0.5) is 18.9 Å². The van der Waals surface area contributed by atoms with Crippen molar-refractivity contribution in [1.29, 1.82) is 0 Å². The Kier molecular flexibility index (Phi) is 3.45. The van der Waals surface area contributed by atoms with E-state index in [4.69, 9.17) is 5.14 Å². The Morgan fingerprint density at radius 2 is 1.84 bits per heavy atom. The van der Waals surface area contributed by atoms with Crippen molar-refractivity contribution in [2.75, 3.05) is 0 Å². The molecule has 1 aliphatic heterocycles. The monoisotopic (exact) mass is 365 g/mol. The second-order valence-electron chi connectivity index (χ2n) is 5.95. The number of nitrogens with two attached hydrogens (primary N) is 1. The predicted molar refractivity (Wildman–Crippen MR) is 89.8 cm³/mol. The number of aromatic nitrogens is 1. The first-order chi connectivity index (χ1) is 11.8. The quantitative estimate of drug-likeness (QED) is 0.725. The lowest BCUT2D eigenvalue weighted by molar-refractivity contribution is -0.137. The highest BCUT2D eigenvalue weighted by atomic mass is 32.2. The maximum atomic E-state index is 12.8. The molecule has 0 aliphatic carbocycles. The van der Waals surface area contributed by atoms with Crippen LogP contribution in [0.25, 0.3) is 10.9 Å². The Balaban J connectivity index is 1.81. The summed E-state index contributed by atoms with van der Waals surface area (Å²) in [5.41, 5.74) is 1.91. The Morgan fingerprint density at radius 3 is 2.52 bits per heavy atom. The van der Waals surface area contributed by atoms with E-state index in [1.54, 1.807) is 6.20 Å². The SMILES string of the molecule is NS(=O)(=Nc1cn2c3c(cccc13)CC2)c1ccc(C(F)(F)F)cc1. The van der Waals surface area contributed by atoms with Crippen molar-refractivity contribution < 1.29 is 17.4 Å². The van der Waals surface area contributed by atoms with Crippen LogP contribution < -0.4 is 5.14 Å². The van der Waals surface area contributed by atoms with E-state index < -0.39 is 21.7 Å². The average molecular weight is 365 g/mol. The van der Waals surface area contributed by atoms with Gasteiger partial charge in [0.25, 0.3) is 0 Å².